The summed E-state index contributed by atoms with van der Waals surface area (Å²) >= 11 is 1.76. The third-order valence-electron chi connectivity index (χ3n) is 3.23. The van der Waals surface area contributed by atoms with Gasteiger partial charge in [0.05, 0.1) is 5.69 Å². The first kappa shape index (κ1) is 14.3. The summed E-state index contributed by atoms with van der Waals surface area (Å²) < 4.78 is 2.08. The van der Waals surface area contributed by atoms with Gasteiger partial charge in [-0.15, -0.1) is 0 Å². The molecule has 0 amide bonds. The number of phenolic OH excluding ortho intramolecular Hbond substituents is 1. The molecule has 104 valence electrons. The van der Waals surface area contributed by atoms with Gasteiger partial charge in [0.15, 0.2) is 0 Å². The summed E-state index contributed by atoms with van der Waals surface area (Å²) in [5.74, 6) is 0.303. The number of aromatic hydroxyl groups is 1. The Kier molecular flexibility index (Phi) is 5.58. The van der Waals surface area contributed by atoms with Crippen molar-refractivity contribution >= 4 is 24.0 Å². The first-order chi connectivity index (χ1) is 9.29. The Morgan fingerprint density at radius 2 is 1.89 bits per heavy atom. The molecule has 1 unspecified atom stereocenters. The van der Waals surface area contributed by atoms with Crippen LogP contribution in [-0.2, 0) is 0 Å². The average Bonchev–Trinajstić information content (AvgIpc) is 2.88. The van der Waals surface area contributed by atoms with E-state index in [1.54, 1.807) is 24.1 Å². The topological polar surface area (TPSA) is 35.8 Å². The minimum atomic E-state index is 0.303. The van der Waals surface area contributed by atoms with Gasteiger partial charge in [0.25, 0.3) is 0 Å². The number of aliphatic imine (C=N–C) groups is 1. The lowest BCUT2D eigenvalue weighted by atomic mass is 10.1. The van der Waals surface area contributed by atoms with Crippen molar-refractivity contribution in [1.29, 1.82) is 0 Å². The Balaban J connectivity index is 1.71. The molecule has 19 heavy (non-hydrogen) atoms. The Labute approximate surface area is 119 Å². The molecule has 0 aromatic heterocycles. The molecule has 0 radical (unpaired) electrons. The van der Waals surface area contributed by atoms with E-state index >= 15 is 0 Å². The second-order valence-corrected chi connectivity index (χ2v) is 6.02. The minimum absolute atomic E-state index is 0.303. The number of rotatable bonds is 7. The number of phenols is 1. The molecule has 0 fully saturated rings. The average molecular weight is 278 g/mol. The zero-order valence-corrected chi connectivity index (χ0v) is 12.3. The summed E-state index contributed by atoms with van der Waals surface area (Å²) in [6, 6.07) is 7.25. The lowest BCUT2D eigenvalue weighted by molar-refractivity contribution is 0.475. The number of anilines is 1. The zero-order valence-electron chi connectivity index (χ0n) is 11.5. The van der Waals surface area contributed by atoms with E-state index in [9.17, 15) is 5.11 Å². The molecule has 0 spiro atoms. The van der Waals surface area contributed by atoms with Crippen LogP contribution in [0.5, 0.6) is 5.75 Å². The van der Waals surface area contributed by atoms with Crippen LogP contribution in [0, 0.1) is 0 Å². The Morgan fingerprint density at radius 3 is 2.63 bits per heavy atom. The molecule has 1 heterocycles. The lowest BCUT2D eigenvalue weighted by Crippen LogP contribution is -2.08. The number of unbranched alkanes of at least 4 members (excludes halogenated alkanes) is 4. The highest BCUT2D eigenvalue weighted by Gasteiger charge is 2.19. The van der Waals surface area contributed by atoms with Crippen molar-refractivity contribution < 1.29 is 5.11 Å². The first-order valence-corrected chi connectivity index (χ1v) is 7.91. The summed E-state index contributed by atoms with van der Waals surface area (Å²) in [5.41, 5.74) is 1.07. The molecular formula is C15H22N2OS. The second kappa shape index (κ2) is 7.43. The molecule has 1 aliphatic heterocycles. The monoisotopic (exact) mass is 278 g/mol. The number of benzene rings is 1. The summed E-state index contributed by atoms with van der Waals surface area (Å²) in [7, 11) is 0. The lowest BCUT2D eigenvalue weighted by Gasteiger charge is -2.14. The van der Waals surface area contributed by atoms with Gasteiger partial charge in [-0.3, -0.25) is 9.30 Å². The van der Waals surface area contributed by atoms with E-state index in [0.29, 0.717) is 11.1 Å². The van der Waals surface area contributed by atoms with Crippen LogP contribution in [0.3, 0.4) is 0 Å². The van der Waals surface area contributed by atoms with Gasteiger partial charge < -0.3 is 5.11 Å². The van der Waals surface area contributed by atoms with Crippen LogP contribution in [0.15, 0.2) is 29.3 Å². The normalized spacial score (nSPS) is 18.2. The Hall–Kier alpha value is -1.16. The fourth-order valence-corrected chi connectivity index (χ4v) is 3.09. The van der Waals surface area contributed by atoms with E-state index in [2.05, 4.69) is 16.2 Å². The van der Waals surface area contributed by atoms with E-state index < -0.39 is 0 Å². The molecular weight excluding hydrogens is 256 g/mol. The summed E-state index contributed by atoms with van der Waals surface area (Å²) in [6.45, 7) is 2.24. The van der Waals surface area contributed by atoms with Crippen molar-refractivity contribution in [2.45, 2.75) is 50.8 Å². The molecule has 3 nitrogen and oxygen atoms in total. The van der Waals surface area contributed by atoms with Gasteiger partial charge in [-0.05, 0) is 42.6 Å². The van der Waals surface area contributed by atoms with Crippen LogP contribution in [0.1, 0.15) is 45.4 Å². The molecule has 4 heteroatoms. The van der Waals surface area contributed by atoms with Crippen LogP contribution >= 0.6 is 11.9 Å². The Morgan fingerprint density at radius 1 is 1.16 bits per heavy atom. The van der Waals surface area contributed by atoms with Crippen molar-refractivity contribution in [3.63, 3.8) is 0 Å². The van der Waals surface area contributed by atoms with Crippen molar-refractivity contribution in [3.8, 4) is 5.75 Å². The maximum absolute atomic E-state index is 9.28. The third-order valence-corrected chi connectivity index (χ3v) is 4.36. The second-order valence-electron chi connectivity index (χ2n) is 4.87. The number of nitrogens with zero attached hydrogens (tertiary/aromatic N) is 2. The van der Waals surface area contributed by atoms with Gasteiger partial charge in [-0.25, -0.2) is 0 Å². The molecule has 1 aliphatic rings. The van der Waals surface area contributed by atoms with E-state index in [4.69, 9.17) is 0 Å². The van der Waals surface area contributed by atoms with E-state index in [0.717, 1.165) is 12.1 Å². The molecule has 2 rings (SSSR count). The molecule has 1 aromatic carbocycles. The molecule has 0 aliphatic carbocycles. The van der Waals surface area contributed by atoms with Gasteiger partial charge in [0.2, 0.25) is 0 Å². The van der Waals surface area contributed by atoms with E-state index in [1.165, 1.54) is 32.1 Å². The third kappa shape index (κ3) is 4.46. The summed E-state index contributed by atoms with van der Waals surface area (Å²) in [6.07, 6.45) is 9.62. The number of hydrogen-bond acceptors (Lipinski definition) is 4. The molecule has 0 saturated carbocycles. The highest BCUT2D eigenvalue weighted by molar-refractivity contribution is 8.02. The van der Waals surface area contributed by atoms with Crippen molar-refractivity contribution in [1.82, 2.24) is 0 Å². The van der Waals surface area contributed by atoms with E-state index in [1.807, 2.05) is 18.5 Å². The van der Waals surface area contributed by atoms with Crippen LogP contribution in [0.2, 0.25) is 0 Å². The van der Waals surface area contributed by atoms with Gasteiger partial charge >= 0.3 is 0 Å². The molecule has 1 atom stereocenters. The van der Waals surface area contributed by atoms with Crippen molar-refractivity contribution in [3.05, 3.63) is 24.3 Å². The summed E-state index contributed by atoms with van der Waals surface area (Å²) in [4.78, 5) is 4.54. The smallest absolute Gasteiger partial charge is 0.117 e. The predicted octanol–water partition coefficient (Wildman–Crippen LogP) is 4.58. The van der Waals surface area contributed by atoms with Gasteiger partial charge in [-0.2, -0.15) is 0 Å². The number of hydrogen-bond donors (Lipinski definition) is 1. The summed E-state index contributed by atoms with van der Waals surface area (Å²) in [5, 5.41) is 9.64. The van der Waals surface area contributed by atoms with Crippen molar-refractivity contribution in [2.24, 2.45) is 4.99 Å². The van der Waals surface area contributed by atoms with E-state index in [-0.39, 0.29) is 0 Å². The van der Waals surface area contributed by atoms with Crippen LogP contribution < -0.4 is 4.31 Å². The zero-order chi connectivity index (χ0) is 13.5. The Bertz CT molecular complexity index is 405. The van der Waals surface area contributed by atoms with Crippen molar-refractivity contribution in [2.75, 3.05) is 4.31 Å². The fraction of sp³-hybridized carbons (Fsp3) is 0.533. The highest BCUT2D eigenvalue weighted by atomic mass is 32.2. The SMILES string of the molecule is CCCCCCCC1N=CN(c2ccc(O)cc2)S1. The fourth-order valence-electron chi connectivity index (χ4n) is 2.10. The van der Waals surface area contributed by atoms with Crippen LogP contribution in [0.4, 0.5) is 5.69 Å². The van der Waals surface area contributed by atoms with Crippen LogP contribution in [0.25, 0.3) is 0 Å². The molecule has 1 aromatic rings. The quantitative estimate of drug-likeness (QED) is 0.586. The van der Waals surface area contributed by atoms with Gasteiger partial charge in [-0.1, -0.05) is 39.0 Å². The van der Waals surface area contributed by atoms with Crippen LogP contribution in [-0.4, -0.2) is 16.8 Å². The maximum atomic E-state index is 9.28. The standard InChI is InChI=1S/C15H22N2OS/c1-2-3-4-5-6-7-15-16-12-17(19-15)13-8-10-14(18)11-9-13/h8-12,15,18H,2-7H2,1H3. The van der Waals surface area contributed by atoms with Gasteiger partial charge in [0, 0.05) is 0 Å². The minimum Gasteiger partial charge on any atom is -0.508 e. The molecule has 0 bridgehead atoms. The molecule has 0 saturated heterocycles. The highest BCUT2D eigenvalue weighted by Crippen LogP contribution is 2.32. The first-order valence-electron chi connectivity index (χ1n) is 7.08. The molecule has 1 N–H and O–H groups in total. The van der Waals surface area contributed by atoms with Gasteiger partial charge in [0.1, 0.15) is 17.5 Å². The maximum Gasteiger partial charge on any atom is 0.117 e. The largest absolute Gasteiger partial charge is 0.508 e. The predicted molar refractivity (Wildman–Crippen MR) is 83.8 cm³/mol.